The first-order valence-electron chi connectivity index (χ1n) is 7.82. The number of methoxy groups -OCH3 is 1. The molecule has 0 radical (unpaired) electrons. The Morgan fingerprint density at radius 2 is 2.29 bits per heavy atom. The first-order chi connectivity index (χ1) is 11.6. The van der Waals surface area contributed by atoms with Gasteiger partial charge in [-0.25, -0.2) is 4.39 Å². The van der Waals surface area contributed by atoms with E-state index in [9.17, 15) is 9.50 Å². The number of thioether (sulfide) groups is 1. The summed E-state index contributed by atoms with van der Waals surface area (Å²) in [5, 5.41) is 19.6. The van der Waals surface area contributed by atoms with Crippen LogP contribution in [0.2, 0.25) is 0 Å². The Balaban J connectivity index is 1.69. The number of benzene rings is 1. The fraction of sp³-hybridized carbons (Fsp3) is 0.412. The monoisotopic (exact) mass is 349 g/mol. The Morgan fingerprint density at radius 1 is 1.50 bits per heavy atom. The van der Waals surface area contributed by atoms with Gasteiger partial charge < -0.3 is 14.4 Å². The fourth-order valence-electron chi connectivity index (χ4n) is 2.49. The molecular formula is C17H20FN3O2S. The molecule has 1 heterocycles. The van der Waals surface area contributed by atoms with Crippen LogP contribution in [-0.2, 0) is 6.54 Å². The quantitative estimate of drug-likeness (QED) is 0.585. The van der Waals surface area contributed by atoms with Crippen molar-refractivity contribution >= 4 is 11.8 Å². The van der Waals surface area contributed by atoms with Crippen molar-refractivity contribution < 1.29 is 14.2 Å². The number of ether oxygens (including phenoxy) is 1. The van der Waals surface area contributed by atoms with Crippen LogP contribution < -0.4 is 4.74 Å². The van der Waals surface area contributed by atoms with Crippen molar-refractivity contribution in [1.82, 2.24) is 14.8 Å². The molecule has 1 atom stereocenters. The molecule has 1 aromatic heterocycles. The second kappa shape index (κ2) is 7.36. The number of hydrogen-bond acceptors (Lipinski definition) is 5. The van der Waals surface area contributed by atoms with Gasteiger partial charge in [0.1, 0.15) is 5.82 Å². The number of aromatic nitrogens is 3. The number of nitrogens with zero attached hydrogens (tertiary/aromatic N) is 3. The molecule has 0 aliphatic heterocycles. The van der Waals surface area contributed by atoms with Crippen molar-refractivity contribution in [3.63, 3.8) is 0 Å². The predicted octanol–water partition coefficient (Wildman–Crippen LogP) is 3.31. The molecule has 7 heteroatoms. The van der Waals surface area contributed by atoms with Crippen molar-refractivity contribution in [2.75, 3.05) is 12.9 Å². The van der Waals surface area contributed by atoms with Gasteiger partial charge in [0.25, 0.3) is 0 Å². The van der Waals surface area contributed by atoms with E-state index >= 15 is 0 Å². The second-order valence-corrected chi connectivity index (χ2v) is 6.72. The maximum absolute atomic E-state index is 13.8. The van der Waals surface area contributed by atoms with Gasteiger partial charge in [-0.1, -0.05) is 23.9 Å². The maximum atomic E-state index is 13.8. The molecule has 1 saturated carbocycles. The van der Waals surface area contributed by atoms with E-state index in [0.29, 0.717) is 23.8 Å². The molecule has 1 N–H and O–H groups in total. The molecule has 24 heavy (non-hydrogen) atoms. The summed E-state index contributed by atoms with van der Waals surface area (Å²) in [6, 6.07) is 4.48. The summed E-state index contributed by atoms with van der Waals surface area (Å²) in [5.41, 5.74) is 0.512. The summed E-state index contributed by atoms with van der Waals surface area (Å²) in [7, 11) is 1.41. The SMILES string of the molecule is C=CCn1c(SCC(O)c2ccc(OC)c(F)c2)nnc1C1CC1. The van der Waals surface area contributed by atoms with Crippen molar-refractivity contribution in [1.29, 1.82) is 0 Å². The minimum absolute atomic E-state index is 0.165. The Morgan fingerprint density at radius 3 is 2.92 bits per heavy atom. The third-order valence-corrected chi connectivity index (χ3v) is 4.97. The van der Waals surface area contributed by atoms with Gasteiger partial charge in [0, 0.05) is 18.2 Å². The average Bonchev–Trinajstić information content (AvgIpc) is 3.35. The van der Waals surface area contributed by atoms with Crippen molar-refractivity contribution in [2.45, 2.75) is 36.6 Å². The highest BCUT2D eigenvalue weighted by Gasteiger charge is 2.30. The lowest BCUT2D eigenvalue weighted by atomic mass is 10.1. The van der Waals surface area contributed by atoms with Crippen LogP contribution in [0.5, 0.6) is 5.75 Å². The molecule has 2 aromatic rings. The van der Waals surface area contributed by atoms with Gasteiger partial charge in [-0.05, 0) is 30.5 Å². The normalized spacial score (nSPS) is 15.3. The lowest BCUT2D eigenvalue weighted by Gasteiger charge is -2.12. The van der Waals surface area contributed by atoms with E-state index in [1.54, 1.807) is 6.07 Å². The van der Waals surface area contributed by atoms with Crippen molar-refractivity contribution in [3.05, 3.63) is 48.1 Å². The van der Waals surface area contributed by atoms with Crippen LogP contribution in [0.3, 0.4) is 0 Å². The topological polar surface area (TPSA) is 60.2 Å². The van der Waals surface area contributed by atoms with Crippen LogP contribution in [0.15, 0.2) is 36.0 Å². The molecule has 5 nitrogen and oxygen atoms in total. The highest BCUT2D eigenvalue weighted by atomic mass is 32.2. The average molecular weight is 349 g/mol. The first-order valence-corrected chi connectivity index (χ1v) is 8.81. The molecule has 3 rings (SSSR count). The number of allylic oxidation sites excluding steroid dienone is 1. The molecule has 1 aliphatic rings. The largest absolute Gasteiger partial charge is 0.494 e. The molecule has 1 fully saturated rings. The minimum Gasteiger partial charge on any atom is -0.494 e. The summed E-state index contributed by atoms with van der Waals surface area (Å²) < 4.78 is 20.7. The second-order valence-electron chi connectivity index (χ2n) is 5.74. The summed E-state index contributed by atoms with van der Waals surface area (Å²) in [6.07, 6.45) is 3.31. The number of aliphatic hydroxyl groups excluding tert-OH is 1. The van der Waals surface area contributed by atoms with Gasteiger partial charge in [-0.2, -0.15) is 0 Å². The van der Waals surface area contributed by atoms with E-state index < -0.39 is 11.9 Å². The van der Waals surface area contributed by atoms with Gasteiger partial charge in [0.05, 0.1) is 13.2 Å². The van der Waals surface area contributed by atoms with E-state index in [-0.39, 0.29) is 5.75 Å². The third kappa shape index (κ3) is 3.62. The van der Waals surface area contributed by atoms with Crippen LogP contribution in [0.4, 0.5) is 4.39 Å². The zero-order valence-electron chi connectivity index (χ0n) is 13.5. The van der Waals surface area contributed by atoms with E-state index in [4.69, 9.17) is 4.74 Å². The molecule has 0 saturated heterocycles. The van der Waals surface area contributed by atoms with E-state index in [1.807, 2.05) is 10.6 Å². The lowest BCUT2D eigenvalue weighted by Crippen LogP contribution is -2.06. The van der Waals surface area contributed by atoms with Crippen LogP contribution in [-0.4, -0.2) is 32.7 Å². The Bertz CT molecular complexity index is 731. The smallest absolute Gasteiger partial charge is 0.191 e. The molecule has 0 spiro atoms. The van der Waals surface area contributed by atoms with E-state index in [0.717, 1.165) is 23.8 Å². The molecule has 1 aliphatic carbocycles. The molecule has 1 aromatic carbocycles. The maximum Gasteiger partial charge on any atom is 0.191 e. The Kier molecular flexibility index (Phi) is 5.20. The summed E-state index contributed by atoms with van der Waals surface area (Å²) in [5.74, 6) is 1.53. The zero-order valence-corrected chi connectivity index (χ0v) is 14.3. The Hall–Kier alpha value is -1.86. The van der Waals surface area contributed by atoms with E-state index in [1.165, 1.54) is 31.0 Å². The number of aliphatic hydroxyl groups is 1. The van der Waals surface area contributed by atoms with Gasteiger partial charge in [-0.3, -0.25) is 0 Å². The van der Waals surface area contributed by atoms with Crippen LogP contribution in [0.1, 0.15) is 36.3 Å². The number of rotatable bonds is 8. The first kappa shape index (κ1) is 17.0. The molecule has 0 amide bonds. The minimum atomic E-state index is -0.798. The summed E-state index contributed by atoms with van der Waals surface area (Å²) in [6.45, 7) is 4.43. The Labute approximate surface area is 144 Å². The highest BCUT2D eigenvalue weighted by Crippen LogP contribution is 2.40. The van der Waals surface area contributed by atoms with Gasteiger partial charge in [0.2, 0.25) is 0 Å². The standard InChI is InChI=1S/C17H20FN3O2S/c1-3-8-21-16(11-4-5-11)19-20-17(21)24-10-14(22)12-6-7-15(23-2)13(18)9-12/h3,6-7,9,11,14,22H,1,4-5,8,10H2,2H3. The molecule has 1 unspecified atom stereocenters. The van der Waals surface area contributed by atoms with Crippen LogP contribution >= 0.6 is 11.8 Å². The molecular weight excluding hydrogens is 329 g/mol. The third-order valence-electron chi connectivity index (χ3n) is 3.93. The number of halogens is 1. The van der Waals surface area contributed by atoms with Gasteiger partial charge >= 0.3 is 0 Å². The van der Waals surface area contributed by atoms with Crippen LogP contribution in [0, 0.1) is 5.82 Å². The predicted molar refractivity (Wildman–Crippen MR) is 90.8 cm³/mol. The van der Waals surface area contributed by atoms with Gasteiger partial charge in [0.15, 0.2) is 16.7 Å². The molecule has 0 bridgehead atoms. The fourth-order valence-corrected chi connectivity index (χ4v) is 3.41. The highest BCUT2D eigenvalue weighted by molar-refractivity contribution is 7.99. The van der Waals surface area contributed by atoms with Crippen molar-refractivity contribution in [3.8, 4) is 5.75 Å². The lowest BCUT2D eigenvalue weighted by molar-refractivity contribution is 0.203. The summed E-state index contributed by atoms with van der Waals surface area (Å²) >= 11 is 1.41. The molecule has 128 valence electrons. The zero-order chi connectivity index (χ0) is 17.1. The van der Waals surface area contributed by atoms with Gasteiger partial charge in [-0.15, -0.1) is 16.8 Å². The number of hydrogen-bond donors (Lipinski definition) is 1. The van der Waals surface area contributed by atoms with Crippen molar-refractivity contribution in [2.24, 2.45) is 0 Å². The summed E-state index contributed by atoms with van der Waals surface area (Å²) in [4.78, 5) is 0. The van der Waals surface area contributed by atoms with Crippen LogP contribution in [0.25, 0.3) is 0 Å². The van der Waals surface area contributed by atoms with E-state index in [2.05, 4.69) is 16.8 Å².